The summed E-state index contributed by atoms with van der Waals surface area (Å²) in [6.45, 7) is 0. The Morgan fingerprint density at radius 3 is 2.93 bits per heavy atom. The molecule has 0 unspecified atom stereocenters. The van der Waals surface area contributed by atoms with Crippen LogP contribution in [0.25, 0.3) is 5.82 Å². The summed E-state index contributed by atoms with van der Waals surface area (Å²) in [6, 6.07) is 0. The van der Waals surface area contributed by atoms with E-state index in [0.29, 0.717) is 0 Å². The zero-order chi connectivity index (χ0) is 10.1. The Kier molecular flexibility index (Phi) is 1.93. The van der Waals surface area contributed by atoms with E-state index in [9.17, 15) is 4.79 Å². The molecule has 2 heterocycles. The van der Waals surface area contributed by atoms with E-state index >= 15 is 0 Å². The van der Waals surface area contributed by atoms with Crippen molar-refractivity contribution in [1.29, 1.82) is 0 Å². The van der Waals surface area contributed by atoms with E-state index in [-0.39, 0.29) is 16.8 Å². The molecule has 8 heteroatoms. The van der Waals surface area contributed by atoms with Gasteiger partial charge in [0, 0.05) is 0 Å². The first-order chi connectivity index (χ1) is 6.68. The first kappa shape index (κ1) is 8.70. The third-order valence-electron chi connectivity index (χ3n) is 1.50. The van der Waals surface area contributed by atoms with Gasteiger partial charge < -0.3 is 10.7 Å². The van der Waals surface area contributed by atoms with Crippen molar-refractivity contribution >= 4 is 17.5 Å². The van der Waals surface area contributed by atoms with Crippen LogP contribution in [0.4, 0.5) is 5.95 Å². The first-order valence-electron chi connectivity index (χ1n) is 3.59. The molecule has 0 saturated carbocycles. The minimum atomic E-state index is -0.439. The zero-order valence-corrected chi connectivity index (χ0v) is 7.56. The maximum Gasteiger partial charge on any atom is 0.271 e. The highest BCUT2D eigenvalue weighted by molar-refractivity contribution is 6.31. The molecular weight excluding hydrogens is 208 g/mol. The summed E-state index contributed by atoms with van der Waals surface area (Å²) < 4.78 is 1.23. The predicted octanol–water partition coefficient (Wildman–Crippen LogP) is -0.414. The van der Waals surface area contributed by atoms with E-state index in [2.05, 4.69) is 20.1 Å². The van der Waals surface area contributed by atoms with Gasteiger partial charge in [0.1, 0.15) is 6.33 Å². The third-order valence-corrected chi connectivity index (χ3v) is 1.85. The lowest BCUT2D eigenvalue weighted by molar-refractivity contribution is 0.837. The number of nitrogens with two attached hydrogens (primary N) is 1. The number of hydrogen-bond acceptors (Lipinski definition) is 5. The van der Waals surface area contributed by atoms with Gasteiger partial charge in [0.05, 0.1) is 6.33 Å². The second-order valence-corrected chi connectivity index (χ2v) is 2.79. The zero-order valence-electron chi connectivity index (χ0n) is 6.81. The van der Waals surface area contributed by atoms with E-state index in [4.69, 9.17) is 17.3 Å². The molecule has 0 atom stereocenters. The van der Waals surface area contributed by atoms with E-state index in [0.717, 1.165) is 0 Å². The average Bonchev–Trinajstić information content (AvgIpc) is 2.57. The Morgan fingerprint density at radius 1 is 1.50 bits per heavy atom. The van der Waals surface area contributed by atoms with Gasteiger partial charge in [-0.05, 0) is 0 Å². The van der Waals surface area contributed by atoms with Gasteiger partial charge in [0.25, 0.3) is 5.56 Å². The number of anilines is 1. The van der Waals surface area contributed by atoms with Crippen LogP contribution in [0.5, 0.6) is 0 Å². The van der Waals surface area contributed by atoms with Crippen LogP contribution in [0.2, 0.25) is 5.02 Å². The second-order valence-electron chi connectivity index (χ2n) is 2.42. The molecule has 2 aromatic heterocycles. The molecular formula is C6H5ClN6O. The second kappa shape index (κ2) is 3.11. The number of nitrogens with zero attached hydrogens (tertiary/aromatic N) is 4. The summed E-state index contributed by atoms with van der Waals surface area (Å²) in [7, 11) is 0. The number of nitrogens with one attached hydrogen (secondary N) is 1. The average molecular weight is 213 g/mol. The van der Waals surface area contributed by atoms with Gasteiger partial charge in [-0.2, -0.15) is 4.68 Å². The molecule has 0 radical (unpaired) electrons. The van der Waals surface area contributed by atoms with E-state index < -0.39 is 5.56 Å². The molecule has 0 saturated heterocycles. The molecule has 2 rings (SSSR count). The molecule has 3 N–H and O–H groups in total. The Hall–Kier alpha value is -1.89. The SMILES string of the molecule is Nc1ncn(-c2nc[nH]c(=O)c2Cl)n1. The van der Waals surface area contributed by atoms with Crippen molar-refractivity contribution in [1.82, 2.24) is 24.7 Å². The van der Waals surface area contributed by atoms with Crippen LogP contribution in [-0.2, 0) is 0 Å². The van der Waals surface area contributed by atoms with E-state index in [1.54, 1.807) is 0 Å². The summed E-state index contributed by atoms with van der Waals surface area (Å²) in [5, 5.41) is 3.71. The Bertz CT molecular complexity index is 517. The summed E-state index contributed by atoms with van der Waals surface area (Å²) in [5.41, 5.74) is 4.87. The van der Waals surface area contributed by atoms with Gasteiger partial charge in [-0.3, -0.25) is 4.79 Å². The molecule has 0 amide bonds. The van der Waals surface area contributed by atoms with Crippen molar-refractivity contribution in [2.45, 2.75) is 0 Å². The minimum absolute atomic E-state index is 0.0580. The van der Waals surface area contributed by atoms with Gasteiger partial charge in [0.2, 0.25) is 5.95 Å². The fourth-order valence-corrected chi connectivity index (χ4v) is 1.10. The van der Waals surface area contributed by atoms with Gasteiger partial charge in [-0.1, -0.05) is 11.6 Å². The molecule has 14 heavy (non-hydrogen) atoms. The van der Waals surface area contributed by atoms with Crippen LogP contribution in [0.1, 0.15) is 0 Å². The van der Waals surface area contributed by atoms with Crippen molar-refractivity contribution in [2.75, 3.05) is 5.73 Å². The van der Waals surface area contributed by atoms with Crippen molar-refractivity contribution in [3.63, 3.8) is 0 Å². The maximum absolute atomic E-state index is 11.1. The number of aromatic nitrogens is 5. The molecule has 0 aromatic carbocycles. The van der Waals surface area contributed by atoms with Gasteiger partial charge in [-0.15, -0.1) is 5.10 Å². The smallest absolute Gasteiger partial charge is 0.271 e. The van der Waals surface area contributed by atoms with E-state index in [1.807, 2.05) is 0 Å². The van der Waals surface area contributed by atoms with Crippen LogP contribution in [0, 0.1) is 0 Å². The quantitative estimate of drug-likeness (QED) is 0.669. The molecule has 0 aliphatic rings. The van der Waals surface area contributed by atoms with Crippen LogP contribution in [-0.4, -0.2) is 24.7 Å². The summed E-state index contributed by atoms with van der Waals surface area (Å²) in [4.78, 5) is 20.9. The maximum atomic E-state index is 11.1. The van der Waals surface area contributed by atoms with Crippen molar-refractivity contribution in [3.8, 4) is 5.82 Å². The van der Waals surface area contributed by atoms with Crippen molar-refractivity contribution in [3.05, 3.63) is 28.0 Å². The molecule has 0 aliphatic heterocycles. The molecule has 2 aromatic rings. The van der Waals surface area contributed by atoms with Crippen LogP contribution in [0.3, 0.4) is 0 Å². The molecule has 72 valence electrons. The Morgan fingerprint density at radius 2 is 2.29 bits per heavy atom. The lowest BCUT2D eigenvalue weighted by Crippen LogP contribution is -2.12. The number of hydrogen-bond donors (Lipinski definition) is 2. The largest absolute Gasteiger partial charge is 0.366 e. The first-order valence-corrected chi connectivity index (χ1v) is 3.97. The van der Waals surface area contributed by atoms with Crippen molar-refractivity contribution in [2.24, 2.45) is 0 Å². The van der Waals surface area contributed by atoms with Gasteiger partial charge >= 0.3 is 0 Å². The number of aromatic amines is 1. The highest BCUT2D eigenvalue weighted by atomic mass is 35.5. The number of H-pyrrole nitrogens is 1. The van der Waals surface area contributed by atoms with E-state index in [1.165, 1.54) is 17.3 Å². The molecule has 0 bridgehead atoms. The van der Waals surface area contributed by atoms with Crippen LogP contribution < -0.4 is 11.3 Å². The number of halogens is 1. The highest BCUT2D eigenvalue weighted by Crippen LogP contribution is 2.10. The fourth-order valence-electron chi connectivity index (χ4n) is 0.911. The molecule has 0 fully saturated rings. The van der Waals surface area contributed by atoms with Crippen molar-refractivity contribution < 1.29 is 0 Å². The molecule has 0 spiro atoms. The minimum Gasteiger partial charge on any atom is -0.366 e. The standard InChI is InChI=1S/C6H5ClN6O/c7-3-4(9-1-10-5(3)14)13-2-11-6(8)12-13/h1-2H,(H2,8,12)(H,9,10,14). The number of rotatable bonds is 1. The van der Waals surface area contributed by atoms with Gasteiger partial charge in [-0.25, -0.2) is 9.97 Å². The van der Waals surface area contributed by atoms with Crippen LogP contribution >= 0.6 is 11.6 Å². The summed E-state index contributed by atoms with van der Waals surface area (Å²) in [5.74, 6) is 0.280. The predicted molar refractivity (Wildman–Crippen MR) is 49.2 cm³/mol. The third kappa shape index (κ3) is 1.33. The Balaban J connectivity index is 2.63. The normalized spacial score (nSPS) is 10.4. The monoisotopic (exact) mass is 212 g/mol. The summed E-state index contributed by atoms with van der Waals surface area (Å²) in [6.07, 6.45) is 2.55. The number of nitrogen functional groups attached to an aromatic ring is 1. The highest BCUT2D eigenvalue weighted by Gasteiger charge is 2.08. The fraction of sp³-hybridized carbons (Fsp3) is 0. The lowest BCUT2D eigenvalue weighted by Gasteiger charge is -1.98. The van der Waals surface area contributed by atoms with Gasteiger partial charge in [0.15, 0.2) is 10.8 Å². The molecule has 7 nitrogen and oxygen atoms in total. The molecule has 0 aliphatic carbocycles. The van der Waals surface area contributed by atoms with Crippen LogP contribution in [0.15, 0.2) is 17.4 Å². The Labute approximate surface area is 82.6 Å². The lowest BCUT2D eigenvalue weighted by atomic mass is 10.6. The summed E-state index contributed by atoms with van der Waals surface area (Å²) >= 11 is 5.70. The topological polar surface area (TPSA) is 102 Å².